The van der Waals surface area contributed by atoms with Gasteiger partial charge in [-0.1, -0.05) is 48.5 Å². The number of nitrogens with zero attached hydrogens (tertiary/aromatic N) is 1. The van der Waals surface area contributed by atoms with E-state index in [0.29, 0.717) is 6.42 Å². The van der Waals surface area contributed by atoms with Crippen molar-refractivity contribution in [2.45, 2.75) is 38.7 Å². The van der Waals surface area contributed by atoms with Gasteiger partial charge in [-0.05, 0) is 72.7 Å². The molecule has 0 fully saturated rings. The number of benzene rings is 3. The molecule has 2 N–H and O–H groups in total. The number of hydrogen-bond acceptors (Lipinski definition) is 2. The van der Waals surface area contributed by atoms with Crippen LogP contribution in [0.1, 0.15) is 41.7 Å². The number of fused-ring (bicyclic) bond motifs is 1. The Morgan fingerprint density at radius 3 is 2.32 bits per heavy atom. The quantitative estimate of drug-likeness (QED) is 0.402. The summed E-state index contributed by atoms with van der Waals surface area (Å²) in [6, 6.07) is 24.7. The van der Waals surface area contributed by atoms with Crippen LogP contribution in [-0.2, 0) is 24.1 Å². The first-order chi connectivity index (χ1) is 15.0. The molecule has 0 radical (unpaired) electrons. The Labute approximate surface area is 182 Å². The summed E-state index contributed by atoms with van der Waals surface area (Å²) in [5.74, 6) is -0.778. The topological polar surface area (TPSA) is 62.5 Å². The van der Waals surface area contributed by atoms with Crippen molar-refractivity contribution in [2.75, 3.05) is 0 Å². The second-order valence-electron chi connectivity index (χ2n) is 8.02. The number of hydrogen-bond donors (Lipinski definition) is 2. The summed E-state index contributed by atoms with van der Waals surface area (Å²) in [5.41, 5.74) is 6.62. The SMILES string of the molecule is CC(O)c1ccc(-n2cc(CCc3ccccc3)c3cc(CCC(=O)O)ccc32)cc1. The Morgan fingerprint density at radius 1 is 0.903 bits per heavy atom. The molecule has 0 aliphatic rings. The Morgan fingerprint density at radius 2 is 1.65 bits per heavy atom. The molecule has 4 heteroatoms. The smallest absolute Gasteiger partial charge is 0.303 e. The fourth-order valence-corrected chi connectivity index (χ4v) is 4.00. The van der Waals surface area contributed by atoms with Crippen molar-refractivity contribution in [2.24, 2.45) is 0 Å². The Bertz CT molecular complexity index is 1170. The molecule has 1 heterocycles. The predicted octanol–water partition coefficient (Wildman–Crippen LogP) is 5.49. The number of aromatic nitrogens is 1. The molecule has 0 aliphatic heterocycles. The molecule has 1 atom stereocenters. The van der Waals surface area contributed by atoms with Gasteiger partial charge in [0.1, 0.15) is 0 Å². The van der Waals surface area contributed by atoms with E-state index in [1.165, 1.54) is 16.5 Å². The summed E-state index contributed by atoms with van der Waals surface area (Å²) in [5, 5.41) is 20.0. The molecule has 0 amide bonds. The molecule has 4 aromatic rings. The standard InChI is InChI=1S/C27H27NO3/c1-19(29)22-11-13-24(14-12-22)28-18-23(10-7-20-5-3-2-4-6-20)25-17-21(8-15-26(25)28)9-16-27(30)31/h2-6,8,11-15,17-19,29H,7,9-10,16H2,1H3,(H,30,31). The second-order valence-corrected chi connectivity index (χ2v) is 8.02. The number of carboxylic acid groups (broad SMARTS) is 1. The summed E-state index contributed by atoms with van der Waals surface area (Å²) < 4.78 is 2.18. The van der Waals surface area contributed by atoms with Crippen molar-refractivity contribution >= 4 is 16.9 Å². The van der Waals surface area contributed by atoms with Crippen molar-refractivity contribution in [3.8, 4) is 5.69 Å². The summed E-state index contributed by atoms with van der Waals surface area (Å²) in [6.07, 6.45) is 4.20. The summed E-state index contributed by atoms with van der Waals surface area (Å²) >= 11 is 0. The highest BCUT2D eigenvalue weighted by molar-refractivity contribution is 5.86. The molecule has 0 bridgehead atoms. The van der Waals surface area contributed by atoms with Crippen LogP contribution < -0.4 is 0 Å². The molecule has 1 unspecified atom stereocenters. The van der Waals surface area contributed by atoms with Gasteiger partial charge in [-0.2, -0.15) is 0 Å². The number of carbonyl (C=O) groups is 1. The van der Waals surface area contributed by atoms with E-state index < -0.39 is 12.1 Å². The second kappa shape index (κ2) is 9.19. The maximum Gasteiger partial charge on any atom is 0.303 e. The number of aliphatic hydroxyl groups is 1. The van der Waals surface area contributed by atoms with Gasteiger partial charge < -0.3 is 14.8 Å². The van der Waals surface area contributed by atoms with Crippen LogP contribution >= 0.6 is 0 Å². The van der Waals surface area contributed by atoms with Crippen molar-refractivity contribution < 1.29 is 15.0 Å². The van der Waals surface area contributed by atoms with Crippen LogP contribution in [0.25, 0.3) is 16.6 Å². The molecule has 4 nitrogen and oxygen atoms in total. The number of aryl methyl sites for hydroxylation is 3. The first-order valence-corrected chi connectivity index (χ1v) is 10.7. The lowest BCUT2D eigenvalue weighted by molar-refractivity contribution is -0.136. The summed E-state index contributed by atoms with van der Waals surface area (Å²) in [6.45, 7) is 1.76. The highest BCUT2D eigenvalue weighted by atomic mass is 16.4. The van der Waals surface area contributed by atoms with E-state index in [9.17, 15) is 9.90 Å². The first kappa shape index (κ1) is 20.9. The van der Waals surface area contributed by atoms with E-state index in [1.54, 1.807) is 6.92 Å². The molecule has 31 heavy (non-hydrogen) atoms. The molecule has 158 valence electrons. The van der Waals surface area contributed by atoms with E-state index in [-0.39, 0.29) is 6.42 Å². The van der Waals surface area contributed by atoms with Gasteiger partial charge in [0.25, 0.3) is 0 Å². The van der Waals surface area contributed by atoms with Crippen molar-refractivity contribution in [1.82, 2.24) is 4.57 Å². The third kappa shape index (κ3) is 4.86. The molecule has 1 aromatic heterocycles. The van der Waals surface area contributed by atoms with Gasteiger partial charge in [-0.3, -0.25) is 4.79 Å². The van der Waals surface area contributed by atoms with Crippen LogP contribution in [0.5, 0.6) is 0 Å². The number of rotatable bonds is 8. The van der Waals surface area contributed by atoms with Gasteiger partial charge >= 0.3 is 5.97 Å². The Hall–Kier alpha value is -3.37. The van der Waals surface area contributed by atoms with Gasteiger partial charge in [0, 0.05) is 23.7 Å². The molecule has 0 saturated carbocycles. The van der Waals surface area contributed by atoms with Crippen LogP contribution in [0.3, 0.4) is 0 Å². The highest BCUT2D eigenvalue weighted by Crippen LogP contribution is 2.28. The predicted molar refractivity (Wildman–Crippen MR) is 124 cm³/mol. The van der Waals surface area contributed by atoms with Crippen molar-refractivity contribution in [3.63, 3.8) is 0 Å². The van der Waals surface area contributed by atoms with Crippen LogP contribution in [-0.4, -0.2) is 20.7 Å². The van der Waals surface area contributed by atoms with E-state index in [4.69, 9.17) is 5.11 Å². The van der Waals surface area contributed by atoms with Gasteiger partial charge in [0.15, 0.2) is 0 Å². The fraction of sp³-hybridized carbons (Fsp3) is 0.222. The van der Waals surface area contributed by atoms with Crippen molar-refractivity contribution in [3.05, 3.63) is 101 Å². The molecule has 0 saturated heterocycles. The number of carboxylic acids is 1. The zero-order valence-corrected chi connectivity index (χ0v) is 17.7. The van der Waals surface area contributed by atoms with E-state index in [0.717, 1.165) is 35.2 Å². The third-order valence-corrected chi connectivity index (χ3v) is 5.76. The molecule has 3 aromatic carbocycles. The zero-order chi connectivity index (χ0) is 21.8. The van der Waals surface area contributed by atoms with Crippen LogP contribution in [0, 0.1) is 0 Å². The largest absolute Gasteiger partial charge is 0.481 e. The van der Waals surface area contributed by atoms with Crippen LogP contribution in [0.2, 0.25) is 0 Å². The average molecular weight is 414 g/mol. The molecular formula is C27H27NO3. The van der Waals surface area contributed by atoms with Crippen LogP contribution in [0.15, 0.2) is 79.0 Å². The maximum absolute atomic E-state index is 11.0. The average Bonchev–Trinajstić information content (AvgIpc) is 3.15. The fourth-order valence-electron chi connectivity index (χ4n) is 4.00. The number of aliphatic hydroxyl groups excluding tert-OH is 1. The number of aliphatic carboxylic acids is 1. The summed E-state index contributed by atoms with van der Waals surface area (Å²) in [4.78, 5) is 11.0. The Balaban J connectivity index is 1.72. The molecule has 0 aliphatic carbocycles. The minimum atomic E-state index is -0.778. The first-order valence-electron chi connectivity index (χ1n) is 10.7. The third-order valence-electron chi connectivity index (χ3n) is 5.76. The minimum Gasteiger partial charge on any atom is -0.481 e. The summed E-state index contributed by atoms with van der Waals surface area (Å²) in [7, 11) is 0. The Kier molecular flexibility index (Phi) is 6.19. The zero-order valence-electron chi connectivity index (χ0n) is 17.7. The highest BCUT2D eigenvalue weighted by Gasteiger charge is 2.12. The van der Waals surface area contributed by atoms with Crippen molar-refractivity contribution in [1.29, 1.82) is 0 Å². The lowest BCUT2D eigenvalue weighted by atomic mass is 10.0. The van der Waals surface area contributed by atoms with Gasteiger partial charge in [0.2, 0.25) is 0 Å². The molecule has 4 rings (SSSR count). The maximum atomic E-state index is 11.0. The monoisotopic (exact) mass is 413 g/mol. The lowest BCUT2D eigenvalue weighted by Crippen LogP contribution is -1.98. The van der Waals surface area contributed by atoms with E-state index in [1.807, 2.05) is 36.4 Å². The molecule has 0 spiro atoms. The lowest BCUT2D eigenvalue weighted by Gasteiger charge is -2.09. The van der Waals surface area contributed by atoms with Gasteiger partial charge in [-0.15, -0.1) is 0 Å². The van der Waals surface area contributed by atoms with E-state index in [2.05, 4.69) is 47.2 Å². The molecular weight excluding hydrogens is 386 g/mol. The van der Waals surface area contributed by atoms with Gasteiger partial charge in [0.05, 0.1) is 11.6 Å². The van der Waals surface area contributed by atoms with E-state index >= 15 is 0 Å². The van der Waals surface area contributed by atoms with Gasteiger partial charge in [-0.25, -0.2) is 0 Å². The van der Waals surface area contributed by atoms with Crippen LogP contribution in [0.4, 0.5) is 0 Å². The normalized spacial score (nSPS) is 12.2. The minimum absolute atomic E-state index is 0.131.